The Morgan fingerprint density at radius 2 is 2.00 bits per heavy atom. The van der Waals surface area contributed by atoms with Gasteiger partial charge in [-0.1, -0.05) is 26.0 Å². The smallest absolute Gasteiger partial charge is 0.242 e. The minimum absolute atomic E-state index is 0.0946. The van der Waals surface area contributed by atoms with Crippen LogP contribution < -0.4 is 15.4 Å². The predicted octanol–water partition coefficient (Wildman–Crippen LogP) is 2.39. The summed E-state index contributed by atoms with van der Waals surface area (Å²) >= 11 is 0. The molecule has 1 fully saturated rings. The molecule has 0 bridgehead atoms. The van der Waals surface area contributed by atoms with Gasteiger partial charge in [-0.3, -0.25) is 9.59 Å². The molecule has 1 aliphatic heterocycles. The first kappa shape index (κ1) is 18.3. The van der Waals surface area contributed by atoms with Crippen LogP contribution >= 0.6 is 0 Å². The van der Waals surface area contributed by atoms with Crippen LogP contribution in [0.2, 0.25) is 0 Å². The molecular weight excluding hydrogens is 304 g/mol. The van der Waals surface area contributed by atoms with Gasteiger partial charge in [0.15, 0.2) is 0 Å². The van der Waals surface area contributed by atoms with E-state index in [0.29, 0.717) is 25.5 Å². The third kappa shape index (κ3) is 4.49. The first-order chi connectivity index (χ1) is 11.3. The van der Waals surface area contributed by atoms with Gasteiger partial charge in [-0.15, -0.1) is 0 Å². The average molecular weight is 332 g/mol. The van der Waals surface area contributed by atoms with E-state index in [0.717, 1.165) is 17.7 Å². The molecule has 0 aliphatic carbocycles. The number of carbonyl (C=O) groups is 2. The molecule has 0 radical (unpaired) electrons. The molecule has 2 N–H and O–H groups in total. The van der Waals surface area contributed by atoms with E-state index in [9.17, 15) is 9.59 Å². The molecule has 0 saturated carbocycles. The maximum Gasteiger partial charge on any atom is 0.242 e. The molecule has 2 amide bonds. The highest BCUT2D eigenvalue weighted by atomic mass is 16.5. The van der Waals surface area contributed by atoms with Crippen LogP contribution in [0.25, 0.3) is 0 Å². The highest BCUT2D eigenvalue weighted by molar-refractivity contribution is 5.92. The standard InChI is InChI=1S/C19H28N2O3/c1-13(2)12-24-15-9-7-14(8-10-15)19(3,4)18(23)21-16-6-5-11-20-17(16)22/h7-10,13,16H,5-6,11-12H2,1-4H3,(H,20,22)(H,21,23)/t16-/m0/s1. The number of rotatable bonds is 6. The Balaban J connectivity index is 2.02. The van der Waals surface area contributed by atoms with E-state index in [1.54, 1.807) is 0 Å². The number of nitrogens with one attached hydrogen (secondary N) is 2. The monoisotopic (exact) mass is 332 g/mol. The van der Waals surface area contributed by atoms with Crippen LogP contribution in [0.1, 0.15) is 46.1 Å². The van der Waals surface area contributed by atoms with E-state index >= 15 is 0 Å². The third-order valence-corrected chi connectivity index (χ3v) is 4.32. The molecular formula is C19H28N2O3. The number of ether oxygens (including phenoxy) is 1. The Labute approximate surface area is 144 Å². The summed E-state index contributed by atoms with van der Waals surface area (Å²) in [6.45, 7) is 9.29. The molecule has 132 valence electrons. The summed E-state index contributed by atoms with van der Waals surface area (Å²) in [4.78, 5) is 24.5. The fraction of sp³-hybridized carbons (Fsp3) is 0.579. The van der Waals surface area contributed by atoms with Gasteiger partial charge in [0.05, 0.1) is 12.0 Å². The third-order valence-electron chi connectivity index (χ3n) is 4.32. The van der Waals surface area contributed by atoms with Gasteiger partial charge in [-0.25, -0.2) is 0 Å². The average Bonchev–Trinajstić information content (AvgIpc) is 2.55. The van der Waals surface area contributed by atoms with Gasteiger partial charge in [0.1, 0.15) is 11.8 Å². The van der Waals surface area contributed by atoms with Crippen LogP contribution in [0, 0.1) is 5.92 Å². The van der Waals surface area contributed by atoms with Crippen molar-refractivity contribution in [3.63, 3.8) is 0 Å². The Bertz CT molecular complexity index is 579. The normalized spacial score (nSPS) is 18.2. The molecule has 1 aromatic carbocycles. The lowest BCUT2D eigenvalue weighted by molar-refractivity contribution is -0.132. The summed E-state index contributed by atoms with van der Waals surface area (Å²) in [6.07, 6.45) is 1.58. The second-order valence-corrected chi connectivity index (χ2v) is 7.31. The number of hydrogen-bond acceptors (Lipinski definition) is 3. The highest BCUT2D eigenvalue weighted by Gasteiger charge is 2.33. The summed E-state index contributed by atoms with van der Waals surface area (Å²) in [5.41, 5.74) is 0.182. The van der Waals surface area contributed by atoms with Gasteiger partial charge >= 0.3 is 0 Å². The number of piperidine rings is 1. The molecule has 1 atom stereocenters. The molecule has 0 unspecified atom stereocenters. The summed E-state index contributed by atoms with van der Waals surface area (Å²) in [7, 11) is 0. The van der Waals surface area contributed by atoms with Crippen molar-refractivity contribution in [3.8, 4) is 5.75 Å². The quantitative estimate of drug-likeness (QED) is 0.840. The van der Waals surface area contributed by atoms with Crippen LogP contribution in [0.15, 0.2) is 24.3 Å². The lowest BCUT2D eigenvalue weighted by atomic mass is 9.83. The maximum absolute atomic E-state index is 12.7. The van der Waals surface area contributed by atoms with E-state index in [1.165, 1.54) is 0 Å². The number of benzene rings is 1. The van der Waals surface area contributed by atoms with Crippen molar-refractivity contribution in [3.05, 3.63) is 29.8 Å². The molecule has 5 nitrogen and oxygen atoms in total. The summed E-state index contributed by atoms with van der Waals surface area (Å²) in [5, 5.41) is 5.67. The summed E-state index contributed by atoms with van der Waals surface area (Å²) in [5.74, 6) is 1.03. The lowest BCUT2D eigenvalue weighted by Crippen LogP contribution is -2.53. The van der Waals surface area contributed by atoms with Crippen LogP contribution in [0.4, 0.5) is 0 Å². The Hall–Kier alpha value is -2.04. The van der Waals surface area contributed by atoms with E-state index < -0.39 is 11.5 Å². The largest absolute Gasteiger partial charge is 0.493 e. The highest BCUT2D eigenvalue weighted by Crippen LogP contribution is 2.26. The van der Waals surface area contributed by atoms with Crippen molar-refractivity contribution >= 4 is 11.8 Å². The minimum atomic E-state index is -0.714. The lowest BCUT2D eigenvalue weighted by Gasteiger charge is -2.29. The van der Waals surface area contributed by atoms with Gasteiger partial charge < -0.3 is 15.4 Å². The Morgan fingerprint density at radius 3 is 2.58 bits per heavy atom. The minimum Gasteiger partial charge on any atom is -0.493 e. The molecule has 1 saturated heterocycles. The van der Waals surface area contributed by atoms with Crippen molar-refractivity contribution in [1.29, 1.82) is 0 Å². The zero-order valence-corrected chi connectivity index (χ0v) is 15.0. The van der Waals surface area contributed by atoms with Crippen molar-refractivity contribution in [1.82, 2.24) is 10.6 Å². The second kappa shape index (κ2) is 7.69. The van der Waals surface area contributed by atoms with Crippen molar-refractivity contribution in [2.24, 2.45) is 5.92 Å². The molecule has 0 aromatic heterocycles. The van der Waals surface area contributed by atoms with Gasteiger partial charge in [0.25, 0.3) is 0 Å². The molecule has 24 heavy (non-hydrogen) atoms. The maximum atomic E-state index is 12.7. The van der Waals surface area contributed by atoms with E-state index in [-0.39, 0.29) is 11.8 Å². The topological polar surface area (TPSA) is 67.4 Å². The predicted molar refractivity (Wildman–Crippen MR) is 94.0 cm³/mol. The number of amides is 2. The van der Waals surface area contributed by atoms with Crippen molar-refractivity contribution in [2.75, 3.05) is 13.2 Å². The van der Waals surface area contributed by atoms with Crippen LogP contribution in [-0.4, -0.2) is 31.0 Å². The fourth-order valence-electron chi connectivity index (χ4n) is 2.61. The zero-order valence-electron chi connectivity index (χ0n) is 15.0. The zero-order chi connectivity index (χ0) is 17.7. The van der Waals surface area contributed by atoms with Crippen LogP contribution in [0.5, 0.6) is 5.75 Å². The fourth-order valence-corrected chi connectivity index (χ4v) is 2.61. The van der Waals surface area contributed by atoms with E-state index in [4.69, 9.17) is 4.74 Å². The van der Waals surface area contributed by atoms with Crippen molar-refractivity contribution < 1.29 is 14.3 Å². The SMILES string of the molecule is CC(C)COc1ccc(C(C)(C)C(=O)N[C@H]2CCCNC2=O)cc1. The molecule has 1 aromatic rings. The second-order valence-electron chi connectivity index (χ2n) is 7.31. The molecule has 1 aliphatic rings. The van der Waals surface area contributed by atoms with Crippen molar-refractivity contribution in [2.45, 2.75) is 52.0 Å². The van der Waals surface area contributed by atoms with E-state index in [2.05, 4.69) is 24.5 Å². The molecule has 5 heteroatoms. The first-order valence-electron chi connectivity index (χ1n) is 8.62. The Morgan fingerprint density at radius 1 is 1.33 bits per heavy atom. The first-order valence-corrected chi connectivity index (χ1v) is 8.62. The molecule has 2 rings (SSSR count). The summed E-state index contributed by atoms with van der Waals surface area (Å²) < 4.78 is 5.68. The van der Waals surface area contributed by atoms with Crippen LogP contribution in [0.3, 0.4) is 0 Å². The molecule has 1 heterocycles. The number of carbonyl (C=O) groups excluding carboxylic acids is 2. The molecule has 0 spiro atoms. The summed E-state index contributed by atoms with van der Waals surface area (Å²) in [6, 6.07) is 7.17. The van der Waals surface area contributed by atoms with E-state index in [1.807, 2.05) is 38.1 Å². The van der Waals surface area contributed by atoms with Gasteiger partial charge in [0, 0.05) is 6.54 Å². The van der Waals surface area contributed by atoms with Crippen LogP contribution in [-0.2, 0) is 15.0 Å². The van der Waals surface area contributed by atoms with Gasteiger partial charge in [-0.2, -0.15) is 0 Å². The Kier molecular flexibility index (Phi) is 5.86. The van der Waals surface area contributed by atoms with Gasteiger partial charge in [-0.05, 0) is 50.3 Å². The number of hydrogen-bond donors (Lipinski definition) is 2. The van der Waals surface area contributed by atoms with Gasteiger partial charge in [0.2, 0.25) is 11.8 Å².